The van der Waals surface area contributed by atoms with Crippen LogP contribution in [0.1, 0.15) is 25.3 Å². The number of hydrogen-bond acceptors (Lipinski definition) is 4. The number of halogens is 3. The molecule has 3 N–H and O–H groups in total. The predicted octanol–water partition coefficient (Wildman–Crippen LogP) is 2.79. The smallest absolute Gasteiger partial charge is 0.272 e. The van der Waals surface area contributed by atoms with Crippen molar-refractivity contribution in [1.29, 1.82) is 0 Å². The Kier molecular flexibility index (Phi) is 11.6. The third kappa shape index (κ3) is 8.44. The van der Waals surface area contributed by atoms with Crippen LogP contribution in [0.2, 0.25) is 0 Å². The molecule has 1 atom stereocenters. The minimum Gasteiger partial charge on any atom is -0.488 e. The number of aliphatic hydroxyl groups is 1. The SMILES string of the molecule is CCNC(=NCc1cccc(OCC(F)F)c1)NCC1(CCO)CCOC1.I. The number of ether oxygens (including phenoxy) is 2. The van der Waals surface area contributed by atoms with Crippen LogP contribution in [-0.2, 0) is 11.3 Å². The summed E-state index contributed by atoms with van der Waals surface area (Å²) in [4.78, 5) is 4.56. The molecule has 28 heavy (non-hydrogen) atoms. The summed E-state index contributed by atoms with van der Waals surface area (Å²) in [7, 11) is 0. The maximum absolute atomic E-state index is 12.3. The average Bonchev–Trinajstić information content (AvgIpc) is 3.12. The van der Waals surface area contributed by atoms with E-state index in [1.807, 2.05) is 13.0 Å². The zero-order valence-corrected chi connectivity index (χ0v) is 18.5. The Bertz CT molecular complexity index is 600. The van der Waals surface area contributed by atoms with E-state index < -0.39 is 13.0 Å². The number of nitrogens with zero attached hydrogens (tertiary/aromatic N) is 1. The first kappa shape index (κ1) is 24.8. The largest absolute Gasteiger partial charge is 0.488 e. The first-order valence-corrected chi connectivity index (χ1v) is 9.27. The molecule has 0 aliphatic carbocycles. The lowest BCUT2D eigenvalue weighted by atomic mass is 9.84. The molecule has 0 aromatic heterocycles. The van der Waals surface area contributed by atoms with E-state index in [-0.39, 0.29) is 36.0 Å². The fourth-order valence-electron chi connectivity index (χ4n) is 2.99. The van der Waals surface area contributed by atoms with Crippen molar-refractivity contribution >= 4 is 29.9 Å². The third-order valence-corrected chi connectivity index (χ3v) is 4.50. The lowest BCUT2D eigenvalue weighted by molar-refractivity contribution is 0.0818. The molecule has 1 heterocycles. The van der Waals surface area contributed by atoms with E-state index >= 15 is 0 Å². The zero-order chi connectivity index (χ0) is 19.5. The van der Waals surface area contributed by atoms with E-state index in [2.05, 4.69) is 15.6 Å². The first-order valence-electron chi connectivity index (χ1n) is 9.27. The van der Waals surface area contributed by atoms with Crippen molar-refractivity contribution in [3.05, 3.63) is 29.8 Å². The van der Waals surface area contributed by atoms with Crippen molar-refractivity contribution in [2.24, 2.45) is 10.4 Å². The lowest BCUT2D eigenvalue weighted by Gasteiger charge is -2.27. The number of aliphatic hydroxyl groups excluding tert-OH is 1. The van der Waals surface area contributed by atoms with E-state index in [9.17, 15) is 13.9 Å². The summed E-state index contributed by atoms with van der Waals surface area (Å²) in [5.74, 6) is 1.08. The predicted molar refractivity (Wildman–Crippen MR) is 116 cm³/mol. The van der Waals surface area contributed by atoms with Gasteiger partial charge in [0.15, 0.2) is 5.96 Å². The number of nitrogens with one attached hydrogen (secondary N) is 2. The summed E-state index contributed by atoms with van der Waals surface area (Å²) in [6.07, 6.45) is -0.908. The molecule has 9 heteroatoms. The second-order valence-corrected chi connectivity index (χ2v) is 6.67. The molecule has 0 saturated carbocycles. The Hall–Kier alpha value is -1.20. The van der Waals surface area contributed by atoms with Crippen molar-refractivity contribution in [2.75, 3.05) is 39.5 Å². The van der Waals surface area contributed by atoms with Crippen LogP contribution >= 0.6 is 24.0 Å². The number of hydrogen-bond donors (Lipinski definition) is 3. The highest BCUT2D eigenvalue weighted by molar-refractivity contribution is 14.0. The van der Waals surface area contributed by atoms with Crippen molar-refractivity contribution in [3.63, 3.8) is 0 Å². The molecule has 1 unspecified atom stereocenters. The molecule has 1 aliphatic rings. The molecular formula is C19H30F2IN3O3. The summed E-state index contributed by atoms with van der Waals surface area (Å²) in [5.41, 5.74) is 0.793. The second-order valence-electron chi connectivity index (χ2n) is 6.67. The van der Waals surface area contributed by atoms with Gasteiger partial charge in [0, 0.05) is 31.7 Å². The average molecular weight is 513 g/mol. The lowest BCUT2D eigenvalue weighted by Crippen LogP contribution is -2.44. The van der Waals surface area contributed by atoms with Crippen molar-refractivity contribution in [1.82, 2.24) is 10.6 Å². The van der Waals surface area contributed by atoms with Gasteiger partial charge in [0.2, 0.25) is 0 Å². The highest BCUT2D eigenvalue weighted by Gasteiger charge is 2.34. The van der Waals surface area contributed by atoms with Gasteiger partial charge in [0.25, 0.3) is 6.43 Å². The summed E-state index contributed by atoms with van der Waals surface area (Å²) in [6, 6.07) is 7.00. The zero-order valence-electron chi connectivity index (χ0n) is 16.1. The molecular weight excluding hydrogens is 483 g/mol. The normalized spacial score (nSPS) is 19.4. The Balaban J connectivity index is 0.00000392. The molecule has 0 bridgehead atoms. The summed E-state index contributed by atoms with van der Waals surface area (Å²) < 4.78 is 35.1. The quantitative estimate of drug-likeness (QED) is 0.255. The minimum atomic E-state index is -2.50. The molecule has 1 fully saturated rings. The van der Waals surface area contributed by atoms with Gasteiger partial charge in [0.1, 0.15) is 12.4 Å². The standard InChI is InChI=1S/C19H29F2N3O3.HI/c1-2-22-18(24-13-19(6-8-25)7-9-26-14-19)23-11-15-4-3-5-16(10-15)27-12-17(20)21;/h3-5,10,17,25H,2,6-9,11-14H2,1H3,(H2,22,23,24);1H. The summed E-state index contributed by atoms with van der Waals surface area (Å²) >= 11 is 0. The molecule has 0 radical (unpaired) electrons. The van der Waals surface area contributed by atoms with Crippen LogP contribution in [0.5, 0.6) is 5.75 Å². The first-order chi connectivity index (χ1) is 13.1. The Morgan fingerprint density at radius 3 is 2.86 bits per heavy atom. The van der Waals surface area contributed by atoms with Crippen LogP contribution in [0.15, 0.2) is 29.3 Å². The summed E-state index contributed by atoms with van der Waals surface area (Å²) in [5, 5.41) is 15.9. The molecule has 1 aromatic rings. The van der Waals surface area contributed by atoms with Gasteiger partial charge in [-0.25, -0.2) is 13.8 Å². The fourth-order valence-corrected chi connectivity index (χ4v) is 2.99. The highest BCUT2D eigenvalue weighted by atomic mass is 127. The van der Waals surface area contributed by atoms with E-state index in [0.29, 0.717) is 51.0 Å². The number of guanidine groups is 1. The summed E-state index contributed by atoms with van der Waals surface area (Å²) in [6.45, 7) is 4.60. The number of rotatable bonds is 10. The van der Waals surface area contributed by atoms with Crippen molar-refractivity contribution in [2.45, 2.75) is 32.7 Å². The number of aliphatic imine (C=N–C) groups is 1. The molecule has 1 aromatic carbocycles. The highest BCUT2D eigenvalue weighted by Crippen LogP contribution is 2.31. The number of alkyl halides is 2. The van der Waals surface area contributed by atoms with Crippen molar-refractivity contribution < 1.29 is 23.4 Å². The van der Waals surface area contributed by atoms with Gasteiger partial charge in [-0.1, -0.05) is 12.1 Å². The third-order valence-electron chi connectivity index (χ3n) is 4.50. The van der Waals surface area contributed by atoms with Gasteiger partial charge in [0.05, 0.1) is 13.2 Å². The molecule has 1 saturated heterocycles. The Morgan fingerprint density at radius 1 is 1.39 bits per heavy atom. The molecule has 0 amide bonds. The van der Waals surface area contributed by atoms with Crippen LogP contribution in [0.25, 0.3) is 0 Å². The van der Waals surface area contributed by atoms with E-state index in [0.717, 1.165) is 12.0 Å². The maximum Gasteiger partial charge on any atom is 0.272 e. The van der Waals surface area contributed by atoms with E-state index in [4.69, 9.17) is 9.47 Å². The molecule has 0 spiro atoms. The molecule has 6 nitrogen and oxygen atoms in total. The van der Waals surface area contributed by atoms with Gasteiger partial charge in [-0.15, -0.1) is 24.0 Å². The topological polar surface area (TPSA) is 75.1 Å². The molecule has 160 valence electrons. The van der Waals surface area contributed by atoms with Crippen LogP contribution < -0.4 is 15.4 Å². The van der Waals surface area contributed by atoms with Crippen LogP contribution in [0.4, 0.5) is 8.78 Å². The van der Waals surface area contributed by atoms with Gasteiger partial charge in [-0.3, -0.25) is 0 Å². The van der Waals surface area contributed by atoms with Gasteiger partial charge >= 0.3 is 0 Å². The molecule has 1 aliphatic heterocycles. The monoisotopic (exact) mass is 513 g/mol. The molecule has 2 rings (SSSR count). The number of benzene rings is 1. The Labute approximate surface area is 182 Å². The van der Waals surface area contributed by atoms with Gasteiger partial charge in [-0.2, -0.15) is 0 Å². The van der Waals surface area contributed by atoms with E-state index in [1.54, 1.807) is 18.2 Å². The van der Waals surface area contributed by atoms with Crippen molar-refractivity contribution in [3.8, 4) is 5.75 Å². The van der Waals surface area contributed by atoms with Crippen LogP contribution in [-0.4, -0.2) is 57.0 Å². The Morgan fingerprint density at radius 2 is 2.21 bits per heavy atom. The fraction of sp³-hybridized carbons (Fsp3) is 0.632. The van der Waals surface area contributed by atoms with Gasteiger partial charge < -0.3 is 25.2 Å². The van der Waals surface area contributed by atoms with Gasteiger partial charge in [-0.05, 0) is 37.5 Å². The minimum absolute atomic E-state index is 0. The van der Waals surface area contributed by atoms with Crippen LogP contribution in [0.3, 0.4) is 0 Å². The van der Waals surface area contributed by atoms with E-state index in [1.165, 1.54) is 0 Å². The second kappa shape index (κ2) is 13.1. The van der Waals surface area contributed by atoms with Crippen LogP contribution in [0, 0.1) is 5.41 Å². The maximum atomic E-state index is 12.3.